The van der Waals surface area contributed by atoms with E-state index < -0.39 is 0 Å². The van der Waals surface area contributed by atoms with Crippen molar-refractivity contribution in [3.8, 4) is 11.1 Å². The Kier molecular flexibility index (Phi) is 7.73. The van der Waals surface area contributed by atoms with E-state index in [1.54, 1.807) is 0 Å². The molecule has 0 aliphatic carbocycles. The van der Waals surface area contributed by atoms with Crippen LogP contribution in [0, 0.1) is 6.92 Å². The van der Waals surface area contributed by atoms with Gasteiger partial charge in [0.15, 0.2) is 0 Å². The minimum Gasteiger partial charge on any atom is -0.165 e. The summed E-state index contributed by atoms with van der Waals surface area (Å²) in [5, 5.41) is 2.69. The molecule has 3 rings (SSSR count). The summed E-state index contributed by atoms with van der Waals surface area (Å²) >= 11 is 0. The molecule has 0 heterocycles. The molecular weight excluding hydrogens is 442 g/mol. The first-order valence-electron chi connectivity index (χ1n) is 5.56. The molecule has 0 N–H and O–H groups in total. The van der Waals surface area contributed by atoms with Gasteiger partial charge in [-0.2, -0.15) is 6.07 Å². The monoisotopic (exact) mass is 457 g/mol. The average molecular weight is 457 g/mol. The van der Waals surface area contributed by atoms with Crippen LogP contribution in [0.1, 0.15) is 5.56 Å². The van der Waals surface area contributed by atoms with Crippen molar-refractivity contribution in [2.24, 2.45) is 0 Å². The van der Waals surface area contributed by atoms with Gasteiger partial charge in [-0.25, -0.2) is 0 Å². The van der Waals surface area contributed by atoms with Gasteiger partial charge in [0.2, 0.25) is 0 Å². The van der Waals surface area contributed by atoms with Gasteiger partial charge >= 0.3 is 0 Å². The zero-order chi connectivity index (χ0) is 11.0. The molecule has 98 valence electrons. The van der Waals surface area contributed by atoms with E-state index in [1.807, 2.05) is 0 Å². The van der Waals surface area contributed by atoms with Gasteiger partial charge in [0, 0.05) is 25.8 Å². The SMILES string of the molecule is Cc1cc2c(-c3ccccc3)cccc2[cH-]1.Cl.Cl.[Hf]. The molecule has 3 aromatic rings. The summed E-state index contributed by atoms with van der Waals surface area (Å²) in [7, 11) is 0. The predicted molar refractivity (Wildman–Crippen MR) is 84.2 cm³/mol. The summed E-state index contributed by atoms with van der Waals surface area (Å²) in [6.07, 6.45) is 0. The van der Waals surface area contributed by atoms with Crippen molar-refractivity contribution in [2.75, 3.05) is 0 Å². The van der Waals surface area contributed by atoms with E-state index in [4.69, 9.17) is 0 Å². The molecule has 0 radical (unpaired) electrons. The van der Waals surface area contributed by atoms with Crippen molar-refractivity contribution >= 4 is 35.6 Å². The first-order chi connectivity index (χ1) is 7.84. The topological polar surface area (TPSA) is 0 Å². The van der Waals surface area contributed by atoms with Gasteiger partial charge in [0.1, 0.15) is 0 Å². The summed E-state index contributed by atoms with van der Waals surface area (Å²) in [5.74, 6) is 0. The van der Waals surface area contributed by atoms with E-state index in [-0.39, 0.29) is 50.7 Å². The van der Waals surface area contributed by atoms with Crippen molar-refractivity contribution < 1.29 is 25.8 Å². The van der Waals surface area contributed by atoms with Gasteiger partial charge in [0.05, 0.1) is 0 Å². The van der Waals surface area contributed by atoms with Crippen LogP contribution in [-0.4, -0.2) is 0 Å². The Bertz CT molecular complexity index is 630. The van der Waals surface area contributed by atoms with Gasteiger partial charge in [-0.05, 0) is 5.56 Å². The fourth-order valence-electron chi connectivity index (χ4n) is 2.25. The van der Waals surface area contributed by atoms with E-state index in [9.17, 15) is 0 Å². The zero-order valence-electron chi connectivity index (χ0n) is 10.6. The first kappa shape index (κ1) is 18.5. The van der Waals surface area contributed by atoms with Crippen molar-refractivity contribution in [1.29, 1.82) is 0 Å². The van der Waals surface area contributed by atoms with Gasteiger partial charge in [-0.15, -0.1) is 59.3 Å². The van der Waals surface area contributed by atoms with Crippen molar-refractivity contribution in [1.82, 2.24) is 0 Å². The minimum atomic E-state index is 0. The molecule has 19 heavy (non-hydrogen) atoms. The van der Waals surface area contributed by atoms with Crippen LogP contribution in [0.3, 0.4) is 0 Å². The molecule has 3 aromatic carbocycles. The Balaban J connectivity index is 0.00000108. The Labute approximate surface area is 145 Å². The van der Waals surface area contributed by atoms with Crippen LogP contribution in [0.4, 0.5) is 0 Å². The van der Waals surface area contributed by atoms with E-state index in [0.717, 1.165) is 0 Å². The molecule has 0 saturated carbocycles. The summed E-state index contributed by atoms with van der Waals surface area (Å²) in [6.45, 7) is 2.15. The average Bonchev–Trinajstić information content (AvgIpc) is 2.70. The number of rotatable bonds is 1. The Morgan fingerprint density at radius 2 is 1.53 bits per heavy atom. The third-order valence-corrected chi connectivity index (χ3v) is 2.98. The maximum atomic E-state index is 2.26. The standard InChI is InChI=1S/C16H13.2ClH.Hf/c1-12-10-14-8-5-9-15(16(14)11-12)13-6-3-2-4-7-13;;;/h2-11H,1H3;2*1H;/q-1;;;. The summed E-state index contributed by atoms with van der Waals surface area (Å²) < 4.78 is 0. The number of fused-ring (bicyclic) bond motifs is 1. The second-order valence-corrected chi connectivity index (χ2v) is 4.21. The molecule has 0 unspecified atom stereocenters. The van der Waals surface area contributed by atoms with E-state index in [1.165, 1.54) is 27.5 Å². The normalized spacial score (nSPS) is 9.11. The summed E-state index contributed by atoms with van der Waals surface area (Å²) in [4.78, 5) is 0. The Morgan fingerprint density at radius 1 is 0.842 bits per heavy atom. The van der Waals surface area contributed by atoms with Crippen molar-refractivity contribution in [2.45, 2.75) is 6.92 Å². The predicted octanol–water partition coefficient (Wildman–Crippen LogP) is 5.38. The molecule has 0 amide bonds. The van der Waals surface area contributed by atoms with E-state index in [2.05, 4.69) is 67.6 Å². The van der Waals surface area contributed by atoms with Gasteiger partial charge in [0.25, 0.3) is 0 Å². The molecule has 0 aliphatic rings. The molecule has 0 fully saturated rings. The molecule has 0 saturated heterocycles. The second-order valence-electron chi connectivity index (χ2n) is 4.21. The fraction of sp³-hybridized carbons (Fsp3) is 0.0625. The molecule has 0 aliphatic heterocycles. The smallest absolute Gasteiger partial charge is 0 e. The fourth-order valence-corrected chi connectivity index (χ4v) is 2.25. The van der Waals surface area contributed by atoms with Gasteiger partial charge < -0.3 is 0 Å². The summed E-state index contributed by atoms with van der Waals surface area (Å²) in [5.41, 5.74) is 3.95. The van der Waals surface area contributed by atoms with Crippen LogP contribution in [0.15, 0.2) is 60.7 Å². The minimum absolute atomic E-state index is 0. The molecule has 0 aromatic heterocycles. The Morgan fingerprint density at radius 3 is 2.21 bits per heavy atom. The molecule has 0 atom stereocenters. The quantitative estimate of drug-likeness (QED) is 0.341. The van der Waals surface area contributed by atoms with Crippen LogP contribution < -0.4 is 0 Å². The number of benzene rings is 2. The molecule has 0 bridgehead atoms. The molecule has 3 heteroatoms. The number of halogens is 2. The third-order valence-electron chi connectivity index (χ3n) is 2.98. The summed E-state index contributed by atoms with van der Waals surface area (Å²) in [6, 6.07) is 21.6. The van der Waals surface area contributed by atoms with E-state index >= 15 is 0 Å². The van der Waals surface area contributed by atoms with Gasteiger partial charge in [-0.1, -0.05) is 48.9 Å². The van der Waals surface area contributed by atoms with Crippen molar-refractivity contribution in [3.05, 3.63) is 66.2 Å². The second kappa shape index (κ2) is 7.94. The number of aryl methyl sites for hydroxylation is 1. The molecule has 0 spiro atoms. The van der Waals surface area contributed by atoms with Crippen LogP contribution in [0.2, 0.25) is 0 Å². The number of hydrogen-bond acceptors (Lipinski definition) is 0. The molecular formula is C16H15Cl2Hf-. The van der Waals surface area contributed by atoms with Crippen LogP contribution >= 0.6 is 24.8 Å². The van der Waals surface area contributed by atoms with Crippen molar-refractivity contribution in [3.63, 3.8) is 0 Å². The first-order valence-corrected chi connectivity index (χ1v) is 5.56. The largest absolute Gasteiger partial charge is 0.165 e. The van der Waals surface area contributed by atoms with E-state index in [0.29, 0.717) is 0 Å². The zero-order valence-corrected chi connectivity index (χ0v) is 15.8. The van der Waals surface area contributed by atoms with Crippen LogP contribution in [0.25, 0.3) is 21.9 Å². The molecule has 0 nitrogen and oxygen atoms in total. The third kappa shape index (κ3) is 3.75. The van der Waals surface area contributed by atoms with Crippen LogP contribution in [0.5, 0.6) is 0 Å². The van der Waals surface area contributed by atoms with Crippen LogP contribution in [-0.2, 0) is 25.8 Å². The maximum absolute atomic E-state index is 2.26. The van der Waals surface area contributed by atoms with Gasteiger partial charge in [-0.3, -0.25) is 0 Å². The maximum Gasteiger partial charge on any atom is 0 e. The number of hydrogen-bond donors (Lipinski definition) is 0. The Hall–Kier alpha value is -0.500.